The predicted octanol–water partition coefficient (Wildman–Crippen LogP) is -2.56. The van der Waals surface area contributed by atoms with E-state index in [0.29, 0.717) is 11.1 Å². The SMILES string of the molecule is Cc1cc(O[C@@H]2O[C@H](CO)[C@@H](O)[C@H](O)[C@H]2O)ccc1Oc1cc(O[C@@H]2O[C@H](CO)[C@@H](O)[C@H](O)[C@H]2O)cc(C)c1Oc1cc(O[C@@H]2O[C@H](CO)[C@@H](O)[C@H](O)[C@H]2O)cc(C)c1O. The number of aliphatic hydroxyl groups excluding tert-OH is 12. The molecule has 3 fully saturated rings. The first-order valence-electron chi connectivity index (χ1n) is 18.8. The normalized spacial score (nSPS) is 34.5. The van der Waals surface area contributed by atoms with E-state index in [4.69, 9.17) is 37.9 Å². The number of aromatic hydroxyl groups is 1. The zero-order valence-corrected chi connectivity index (χ0v) is 32.4. The van der Waals surface area contributed by atoms with Gasteiger partial charge in [-0.05, 0) is 67.8 Å². The molecule has 0 radical (unpaired) electrons. The van der Waals surface area contributed by atoms with Crippen molar-refractivity contribution in [1.82, 2.24) is 0 Å². The number of aryl methyl sites for hydroxylation is 3. The first kappa shape index (κ1) is 45.4. The van der Waals surface area contributed by atoms with Gasteiger partial charge in [-0.25, -0.2) is 0 Å². The van der Waals surface area contributed by atoms with E-state index in [1.54, 1.807) is 13.8 Å². The number of aliphatic hydroxyl groups is 12. The molecule has 0 aliphatic carbocycles. The Labute approximate surface area is 341 Å². The number of hydrogen-bond acceptors (Lipinski definition) is 21. The third kappa shape index (κ3) is 9.35. The van der Waals surface area contributed by atoms with Crippen molar-refractivity contribution in [3.8, 4) is 46.0 Å². The van der Waals surface area contributed by atoms with E-state index in [9.17, 15) is 66.4 Å². The Morgan fingerprint density at radius 1 is 0.433 bits per heavy atom. The molecule has 3 aliphatic heterocycles. The molecule has 3 aromatic rings. The van der Waals surface area contributed by atoms with Gasteiger partial charge in [0.1, 0.15) is 96.2 Å². The minimum Gasteiger partial charge on any atom is -0.504 e. The fourth-order valence-electron chi connectivity index (χ4n) is 6.78. The van der Waals surface area contributed by atoms with Crippen molar-refractivity contribution in [1.29, 1.82) is 0 Å². The van der Waals surface area contributed by atoms with Gasteiger partial charge in [0.2, 0.25) is 18.9 Å². The van der Waals surface area contributed by atoms with Crippen LogP contribution in [0.3, 0.4) is 0 Å². The zero-order valence-electron chi connectivity index (χ0n) is 32.4. The standard InChI is InChI=1S/C39H50O21/c1-14-6-17(53-37-33(50)30(47)27(44)23(11-40)58-37)4-5-20(14)56-22-10-19(55-39-35(52)32(49)29(46)25(13-42)60-39)8-16(3)36(22)57-21-9-18(7-15(2)26(21)43)54-38-34(51)31(48)28(45)24(12-41)59-38/h4-10,23-25,27-35,37-52H,11-13H2,1-3H3/t23-,24-,25-,27-,28-,29-,30+,31+,32+,33-,34-,35-,37-,38-,39-/m1/s1. The van der Waals surface area contributed by atoms with Gasteiger partial charge in [-0.15, -0.1) is 0 Å². The Kier molecular flexibility index (Phi) is 14.3. The molecular weight excluding hydrogens is 804 g/mol. The average Bonchev–Trinajstić information content (AvgIpc) is 3.22. The molecule has 13 N–H and O–H groups in total. The Bertz CT molecular complexity index is 1920. The maximum absolute atomic E-state index is 11.1. The van der Waals surface area contributed by atoms with Gasteiger partial charge in [0.15, 0.2) is 23.0 Å². The smallest absolute Gasteiger partial charge is 0.229 e. The van der Waals surface area contributed by atoms with Crippen LogP contribution in [-0.2, 0) is 14.2 Å². The van der Waals surface area contributed by atoms with Crippen LogP contribution in [0.1, 0.15) is 16.7 Å². The molecule has 0 aromatic heterocycles. The predicted molar refractivity (Wildman–Crippen MR) is 199 cm³/mol. The summed E-state index contributed by atoms with van der Waals surface area (Å²) in [6, 6.07) is 9.76. The molecule has 3 saturated heterocycles. The van der Waals surface area contributed by atoms with Crippen LogP contribution in [0.5, 0.6) is 46.0 Å². The van der Waals surface area contributed by atoms with Crippen LogP contribution in [0.4, 0.5) is 0 Å². The summed E-state index contributed by atoms with van der Waals surface area (Å²) in [6.45, 7) is 2.66. The van der Waals surface area contributed by atoms with Gasteiger partial charge >= 0.3 is 0 Å². The lowest BCUT2D eigenvalue weighted by Crippen LogP contribution is -2.60. The number of hydrogen-bond donors (Lipinski definition) is 13. The highest BCUT2D eigenvalue weighted by Crippen LogP contribution is 2.46. The monoisotopic (exact) mass is 854 g/mol. The number of rotatable bonds is 13. The molecule has 15 atom stereocenters. The molecule has 60 heavy (non-hydrogen) atoms. The van der Waals surface area contributed by atoms with E-state index in [1.807, 2.05) is 0 Å². The number of phenolic OH excluding ortho intramolecular Hbond substituents is 1. The lowest BCUT2D eigenvalue weighted by molar-refractivity contribution is -0.277. The molecule has 0 unspecified atom stereocenters. The first-order valence-corrected chi connectivity index (χ1v) is 18.8. The second-order valence-corrected chi connectivity index (χ2v) is 14.7. The minimum absolute atomic E-state index is 0.0143. The van der Waals surface area contributed by atoms with E-state index in [-0.39, 0.29) is 51.6 Å². The molecule has 3 aromatic carbocycles. The number of phenols is 1. The van der Waals surface area contributed by atoms with Crippen LogP contribution in [0.15, 0.2) is 42.5 Å². The minimum atomic E-state index is -1.76. The summed E-state index contributed by atoms with van der Waals surface area (Å²) in [5, 5.41) is 133. The maximum atomic E-state index is 11.1. The molecule has 0 saturated carbocycles. The summed E-state index contributed by atoms with van der Waals surface area (Å²) in [5.74, 6) is -0.370. The van der Waals surface area contributed by atoms with Crippen LogP contribution in [0.2, 0.25) is 0 Å². The molecule has 21 nitrogen and oxygen atoms in total. The topological polar surface area (TPSA) is 337 Å². The third-order valence-electron chi connectivity index (χ3n) is 10.3. The van der Waals surface area contributed by atoms with Crippen molar-refractivity contribution in [3.05, 3.63) is 59.2 Å². The van der Waals surface area contributed by atoms with Gasteiger partial charge in [0.05, 0.1) is 19.8 Å². The fourth-order valence-corrected chi connectivity index (χ4v) is 6.78. The van der Waals surface area contributed by atoms with E-state index in [2.05, 4.69) is 0 Å². The molecule has 21 heteroatoms. The lowest BCUT2D eigenvalue weighted by atomic mass is 9.99. The maximum Gasteiger partial charge on any atom is 0.229 e. The summed E-state index contributed by atoms with van der Waals surface area (Å²) in [5.41, 5.74) is 0.944. The van der Waals surface area contributed by atoms with E-state index < -0.39 is 112 Å². The molecule has 3 aliphatic rings. The third-order valence-corrected chi connectivity index (χ3v) is 10.3. The number of ether oxygens (including phenoxy) is 8. The largest absolute Gasteiger partial charge is 0.504 e. The van der Waals surface area contributed by atoms with Crippen molar-refractivity contribution in [3.63, 3.8) is 0 Å². The number of benzene rings is 3. The Balaban J connectivity index is 1.32. The Morgan fingerprint density at radius 3 is 1.27 bits per heavy atom. The lowest BCUT2D eigenvalue weighted by Gasteiger charge is -2.39. The van der Waals surface area contributed by atoms with Crippen LogP contribution in [-0.4, -0.2) is 178 Å². The molecule has 0 amide bonds. The molecule has 332 valence electrons. The van der Waals surface area contributed by atoms with E-state index in [1.165, 1.54) is 49.4 Å². The molecule has 0 spiro atoms. The van der Waals surface area contributed by atoms with Crippen molar-refractivity contribution < 1.29 is 104 Å². The van der Waals surface area contributed by atoms with Gasteiger partial charge in [-0.3, -0.25) is 0 Å². The highest BCUT2D eigenvalue weighted by atomic mass is 16.7. The quantitative estimate of drug-likeness (QED) is 0.0841. The average molecular weight is 855 g/mol. The Morgan fingerprint density at radius 2 is 0.833 bits per heavy atom. The summed E-state index contributed by atoms with van der Waals surface area (Å²) >= 11 is 0. The first-order chi connectivity index (χ1) is 28.4. The highest BCUT2D eigenvalue weighted by Gasteiger charge is 2.47. The van der Waals surface area contributed by atoms with Gasteiger partial charge < -0.3 is 104 Å². The molecule has 6 rings (SSSR count). The molecule has 0 bridgehead atoms. The summed E-state index contributed by atoms with van der Waals surface area (Å²) in [7, 11) is 0. The van der Waals surface area contributed by atoms with Gasteiger partial charge in [-0.1, -0.05) is 0 Å². The van der Waals surface area contributed by atoms with Gasteiger partial charge in [0, 0.05) is 12.1 Å². The zero-order chi connectivity index (χ0) is 43.7. The van der Waals surface area contributed by atoms with Gasteiger partial charge in [0.25, 0.3) is 0 Å². The second-order valence-electron chi connectivity index (χ2n) is 14.7. The Hall–Kier alpha value is -4.14. The van der Waals surface area contributed by atoms with Crippen LogP contribution in [0.25, 0.3) is 0 Å². The highest BCUT2D eigenvalue weighted by molar-refractivity contribution is 5.58. The van der Waals surface area contributed by atoms with Crippen LogP contribution >= 0.6 is 0 Å². The van der Waals surface area contributed by atoms with Gasteiger partial charge in [-0.2, -0.15) is 0 Å². The summed E-state index contributed by atoms with van der Waals surface area (Å²) in [6.07, 6.45) is -23.5. The summed E-state index contributed by atoms with van der Waals surface area (Å²) in [4.78, 5) is 0. The molecule has 3 heterocycles. The second kappa shape index (κ2) is 18.9. The van der Waals surface area contributed by atoms with Crippen molar-refractivity contribution in [2.45, 2.75) is 113 Å². The van der Waals surface area contributed by atoms with Crippen LogP contribution < -0.4 is 23.7 Å². The molecular formula is C39H50O21. The van der Waals surface area contributed by atoms with Crippen molar-refractivity contribution in [2.75, 3.05) is 19.8 Å². The van der Waals surface area contributed by atoms with Crippen molar-refractivity contribution >= 4 is 0 Å². The fraction of sp³-hybridized carbons (Fsp3) is 0.538. The van der Waals surface area contributed by atoms with Crippen molar-refractivity contribution in [2.24, 2.45) is 0 Å². The van der Waals surface area contributed by atoms with E-state index in [0.717, 1.165) is 0 Å². The summed E-state index contributed by atoms with van der Waals surface area (Å²) < 4.78 is 46.4. The van der Waals surface area contributed by atoms with Crippen LogP contribution in [0, 0.1) is 20.8 Å². The van der Waals surface area contributed by atoms with E-state index >= 15 is 0 Å².